The molecule has 0 bridgehead atoms. The van der Waals surface area contributed by atoms with Crippen molar-refractivity contribution in [1.82, 2.24) is 5.32 Å². The van der Waals surface area contributed by atoms with Crippen LogP contribution in [-0.2, 0) is 10.8 Å². The third-order valence-electron chi connectivity index (χ3n) is 3.81. The summed E-state index contributed by atoms with van der Waals surface area (Å²) in [5, 5.41) is 2.99. The lowest BCUT2D eigenvalue weighted by atomic mass is 9.87. The summed E-state index contributed by atoms with van der Waals surface area (Å²) in [7, 11) is 0.306. The molecule has 0 aromatic heterocycles. The van der Waals surface area contributed by atoms with Crippen LogP contribution in [0.3, 0.4) is 0 Å². The van der Waals surface area contributed by atoms with E-state index < -0.39 is 22.4 Å². The summed E-state index contributed by atoms with van der Waals surface area (Å²) in [6.07, 6.45) is 2.77. The topological polar surface area (TPSA) is 29.1 Å². The average Bonchev–Trinajstić information content (AvgIpc) is 2.40. The van der Waals surface area contributed by atoms with E-state index in [4.69, 9.17) is 0 Å². The highest BCUT2D eigenvalue weighted by atomic mass is 32.2. The second kappa shape index (κ2) is 6.09. The second-order valence-corrected chi connectivity index (χ2v) is 6.86. The van der Waals surface area contributed by atoms with Gasteiger partial charge < -0.3 is 5.32 Å². The molecule has 19 heavy (non-hydrogen) atoms. The van der Waals surface area contributed by atoms with Crippen molar-refractivity contribution in [2.24, 2.45) is 5.92 Å². The fourth-order valence-electron chi connectivity index (χ4n) is 2.69. The van der Waals surface area contributed by atoms with Gasteiger partial charge in [0.25, 0.3) is 0 Å². The molecule has 1 fully saturated rings. The third-order valence-corrected chi connectivity index (χ3v) is 5.63. The lowest BCUT2D eigenvalue weighted by molar-refractivity contribution is 0.324. The van der Waals surface area contributed by atoms with Crippen LogP contribution in [0.15, 0.2) is 23.1 Å². The molecule has 4 atom stereocenters. The van der Waals surface area contributed by atoms with Crippen molar-refractivity contribution < 1.29 is 13.0 Å². The van der Waals surface area contributed by atoms with Crippen LogP contribution in [0.5, 0.6) is 0 Å². The Morgan fingerprint density at radius 2 is 2.05 bits per heavy atom. The Morgan fingerprint density at radius 1 is 1.32 bits per heavy atom. The van der Waals surface area contributed by atoms with Crippen LogP contribution >= 0.6 is 0 Å². The van der Waals surface area contributed by atoms with E-state index >= 15 is 0 Å². The first-order chi connectivity index (χ1) is 9.02. The Kier molecular flexibility index (Phi) is 4.68. The van der Waals surface area contributed by atoms with Crippen molar-refractivity contribution in [3.8, 4) is 0 Å². The van der Waals surface area contributed by atoms with E-state index in [9.17, 15) is 13.0 Å². The summed E-state index contributed by atoms with van der Waals surface area (Å²) in [6.45, 7) is 2.11. The van der Waals surface area contributed by atoms with Crippen LogP contribution in [0, 0.1) is 17.6 Å². The molecule has 1 aromatic rings. The first kappa shape index (κ1) is 14.6. The van der Waals surface area contributed by atoms with Gasteiger partial charge >= 0.3 is 0 Å². The Bertz CT molecular complexity index is 481. The van der Waals surface area contributed by atoms with Gasteiger partial charge in [0.2, 0.25) is 0 Å². The van der Waals surface area contributed by atoms with Crippen molar-refractivity contribution in [3.05, 3.63) is 29.8 Å². The highest BCUT2D eigenvalue weighted by Gasteiger charge is 2.33. The van der Waals surface area contributed by atoms with E-state index in [1.54, 1.807) is 0 Å². The summed E-state index contributed by atoms with van der Waals surface area (Å²) in [6, 6.07) is 3.25. The van der Waals surface area contributed by atoms with Gasteiger partial charge in [0.15, 0.2) is 0 Å². The molecule has 1 aromatic carbocycles. The molecule has 1 aliphatic rings. The summed E-state index contributed by atoms with van der Waals surface area (Å²) < 4.78 is 39.5. The fraction of sp³-hybridized carbons (Fsp3) is 0.571. The molecule has 1 saturated carbocycles. The van der Waals surface area contributed by atoms with Crippen molar-refractivity contribution in [2.45, 2.75) is 42.4 Å². The number of halogens is 2. The van der Waals surface area contributed by atoms with Crippen LogP contribution in [0.25, 0.3) is 0 Å². The number of benzene rings is 1. The van der Waals surface area contributed by atoms with Gasteiger partial charge in [-0.05, 0) is 50.4 Å². The Hall–Kier alpha value is -0.810. The minimum atomic E-state index is -1.52. The molecule has 0 saturated heterocycles. The SMILES string of the molecule is CNC1CCC(C)CC1S(=O)c1cc(F)ccc1F. The molecular formula is C14H19F2NOS. The Morgan fingerprint density at radius 3 is 2.74 bits per heavy atom. The highest BCUT2D eigenvalue weighted by Crippen LogP contribution is 2.31. The Labute approximate surface area is 115 Å². The van der Waals surface area contributed by atoms with Gasteiger partial charge in [-0.3, -0.25) is 4.21 Å². The lowest BCUT2D eigenvalue weighted by Gasteiger charge is -2.34. The monoisotopic (exact) mass is 287 g/mol. The molecule has 1 aliphatic carbocycles. The van der Waals surface area contributed by atoms with Crippen LogP contribution < -0.4 is 5.32 Å². The summed E-state index contributed by atoms with van der Waals surface area (Å²) in [5.74, 6) is -0.669. The highest BCUT2D eigenvalue weighted by molar-refractivity contribution is 7.85. The van der Waals surface area contributed by atoms with Crippen LogP contribution in [0.4, 0.5) is 8.78 Å². The molecule has 4 unspecified atom stereocenters. The van der Waals surface area contributed by atoms with E-state index in [0.29, 0.717) is 5.92 Å². The summed E-state index contributed by atoms with van der Waals surface area (Å²) in [4.78, 5) is -0.0145. The molecule has 2 nitrogen and oxygen atoms in total. The first-order valence-electron chi connectivity index (χ1n) is 6.55. The maximum absolute atomic E-state index is 13.7. The first-order valence-corrected chi connectivity index (χ1v) is 7.77. The minimum absolute atomic E-state index is 0.0145. The number of hydrogen-bond donors (Lipinski definition) is 1. The molecule has 0 aliphatic heterocycles. The van der Waals surface area contributed by atoms with Crippen molar-refractivity contribution in [1.29, 1.82) is 0 Å². The van der Waals surface area contributed by atoms with Crippen LogP contribution in [0.1, 0.15) is 26.2 Å². The van der Waals surface area contributed by atoms with Gasteiger partial charge in [-0.2, -0.15) is 0 Å². The van der Waals surface area contributed by atoms with E-state index in [0.717, 1.165) is 37.5 Å². The van der Waals surface area contributed by atoms with Gasteiger partial charge in [0.05, 0.1) is 20.9 Å². The number of rotatable bonds is 3. The van der Waals surface area contributed by atoms with Crippen molar-refractivity contribution >= 4 is 10.8 Å². The normalized spacial score (nSPS) is 29.2. The maximum Gasteiger partial charge on any atom is 0.139 e. The zero-order valence-electron chi connectivity index (χ0n) is 11.2. The number of nitrogens with one attached hydrogen (secondary N) is 1. The predicted molar refractivity (Wildman–Crippen MR) is 72.4 cm³/mol. The summed E-state index contributed by atoms with van der Waals surface area (Å²) in [5.41, 5.74) is 0. The van der Waals surface area contributed by atoms with Gasteiger partial charge in [0, 0.05) is 6.04 Å². The van der Waals surface area contributed by atoms with E-state index in [1.165, 1.54) is 0 Å². The minimum Gasteiger partial charge on any atom is -0.316 e. The van der Waals surface area contributed by atoms with Crippen LogP contribution in [-0.4, -0.2) is 22.5 Å². The van der Waals surface area contributed by atoms with Gasteiger partial charge in [-0.25, -0.2) is 8.78 Å². The van der Waals surface area contributed by atoms with E-state index in [1.807, 2.05) is 7.05 Å². The zero-order chi connectivity index (χ0) is 14.0. The summed E-state index contributed by atoms with van der Waals surface area (Å²) >= 11 is 0. The van der Waals surface area contributed by atoms with E-state index in [-0.39, 0.29) is 16.2 Å². The molecule has 1 N–H and O–H groups in total. The van der Waals surface area contributed by atoms with E-state index in [2.05, 4.69) is 12.2 Å². The van der Waals surface area contributed by atoms with Gasteiger partial charge in [-0.15, -0.1) is 0 Å². The van der Waals surface area contributed by atoms with Gasteiger partial charge in [-0.1, -0.05) is 6.92 Å². The Balaban J connectivity index is 2.28. The third kappa shape index (κ3) is 3.20. The maximum atomic E-state index is 13.7. The molecule has 0 amide bonds. The molecule has 2 rings (SSSR count). The van der Waals surface area contributed by atoms with Crippen molar-refractivity contribution in [2.75, 3.05) is 7.05 Å². The number of hydrogen-bond acceptors (Lipinski definition) is 2. The standard InChI is InChI=1S/C14H19F2NOS/c1-9-3-6-12(17-2)14(7-9)19(18)13-8-10(15)4-5-11(13)16/h4-5,8-9,12,14,17H,3,6-7H2,1-2H3. The molecule has 106 valence electrons. The molecule has 5 heteroatoms. The van der Waals surface area contributed by atoms with Gasteiger partial charge in [0.1, 0.15) is 11.6 Å². The fourth-order valence-corrected chi connectivity index (χ4v) is 4.58. The molecule has 0 radical (unpaired) electrons. The van der Waals surface area contributed by atoms with Crippen molar-refractivity contribution in [3.63, 3.8) is 0 Å². The molecule has 0 spiro atoms. The zero-order valence-corrected chi connectivity index (χ0v) is 12.0. The largest absolute Gasteiger partial charge is 0.316 e. The molecular weight excluding hydrogens is 268 g/mol. The molecule has 0 heterocycles. The second-order valence-electron chi connectivity index (χ2n) is 5.22. The smallest absolute Gasteiger partial charge is 0.139 e. The average molecular weight is 287 g/mol. The van der Waals surface area contributed by atoms with Crippen LogP contribution in [0.2, 0.25) is 0 Å². The lowest BCUT2D eigenvalue weighted by Crippen LogP contribution is -2.44. The predicted octanol–water partition coefficient (Wildman–Crippen LogP) is 2.85. The quantitative estimate of drug-likeness (QED) is 0.926.